The topological polar surface area (TPSA) is 120 Å². The average Bonchev–Trinajstić information content (AvgIpc) is 2.64. The molecule has 0 bridgehead atoms. The van der Waals surface area contributed by atoms with Crippen LogP contribution in [0.3, 0.4) is 0 Å². The van der Waals surface area contributed by atoms with Crippen LogP contribution in [0.2, 0.25) is 0 Å². The van der Waals surface area contributed by atoms with Gasteiger partial charge in [0.25, 0.3) is 0 Å². The SMILES string of the molecule is NNc1ccc([N+](=O)[O-])c2nonc12. The number of nitrogen functional groups attached to an aromatic ring is 1. The van der Waals surface area contributed by atoms with E-state index in [2.05, 4.69) is 20.4 Å². The maximum Gasteiger partial charge on any atom is 0.300 e. The van der Waals surface area contributed by atoms with E-state index in [0.717, 1.165) is 0 Å². The minimum absolute atomic E-state index is 0.0745. The highest BCUT2D eigenvalue weighted by atomic mass is 16.6. The minimum Gasteiger partial charge on any atom is -0.322 e. The van der Waals surface area contributed by atoms with Crippen LogP contribution in [0.25, 0.3) is 11.0 Å². The summed E-state index contributed by atoms with van der Waals surface area (Å²) in [7, 11) is 0. The molecule has 0 saturated heterocycles. The Morgan fingerprint density at radius 1 is 1.43 bits per heavy atom. The summed E-state index contributed by atoms with van der Waals surface area (Å²) >= 11 is 0. The second-order valence-corrected chi connectivity index (χ2v) is 2.50. The van der Waals surface area contributed by atoms with Crippen molar-refractivity contribution in [1.82, 2.24) is 10.3 Å². The van der Waals surface area contributed by atoms with Crippen molar-refractivity contribution in [2.45, 2.75) is 0 Å². The fraction of sp³-hybridized carbons (Fsp3) is 0. The molecule has 0 aliphatic heterocycles. The van der Waals surface area contributed by atoms with Gasteiger partial charge in [0.05, 0.1) is 10.6 Å². The summed E-state index contributed by atoms with van der Waals surface area (Å²) in [6.07, 6.45) is 0. The first-order valence-electron chi connectivity index (χ1n) is 3.60. The van der Waals surface area contributed by atoms with Crippen molar-refractivity contribution in [3.8, 4) is 0 Å². The van der Waals surface area contributed by atoms with Gasteiger partial charge in [0.1, 0.15) is 0 Å². The van der Waals surface area contributed by atoms with Gasteiger partial charge in [-0.3, -0.25) is 16.0 Å². The Balaban J connectivity index is 2.78. The number of nitrogens with one attached hydrogen (secondary N) is 1. The van der Waals surface area contributed by atoms with Crippen molar-refractivity contribution in [1.29, 1.82) is 0 Å². The van der Waals surface area contributed by atoms with E-state index in [1.165, 1.54) is 12.1 Å². The number of non-ortho nitro benzene ring substituents is 1. The van der Waals surface area contributed by atoms with Crippen LogP contribution in [-0.2, 0) is 0 Å². The van der Waals surface area contributed by atoms with E-state index in [1.54, 1.807) is 0 Å². The lowest BCUT2D eigenvalue weighted by molar-refractivity contribution is -0.383. The number of hydrogen-bond donors (Lipinski definition) is 2. The zero-order chi connectivity index (χ0) is 10.1. The number of benzene rings is 1. The molecule has 14 heavy (non-hydrogen) atoms. The Kier molecular flexibility index (Phi) is 1.75. The van der Waals surface area contributed by atoms with Crippen molar-refractivity contribution in [2.75, 3.05) is 5.43 Å². The molecule has 3 N–H and O–H groups in total. The largest absolute Gasteiger partial charge is 0.322 e. The van der Waals surface area contributed by atoms with Gasteiger partial charge in [-0.05, 0) is 16.4 Å². The van der Waals surface area contributed by atoms with E-state index < -0.39 is 4.92 Å². The van der Waals surface area contributed by atoms with Gasteiger partial charge in [-0.2, -0.15) is 0 Å². The lowest BCUT2D eigenvalue weighted by atomic mass is 10.2. The molecule has 1 heterocycles. The summed E-state index contributed by atoms with van der Waals surface area (Å²) in [5.41, 5.74) is 2.91. The Bertz CT molecular complexity index is 493. The molecule has 8 nitrogen and oxygen atoms in total. The predicted molar refractivity (Wildman–Crippen MR) is 46.3 cm³/mol. The van der Waals surface area contributed by atoms with Gasteiger partial charge in [-0.25, -0.2) is 4.63 Å². The molecule has 8 heteroatoms. The van der Waals surface area contributed by atoms with Crippen LogP contribution in [0.15, 0.2) is 16.8 Å². The molecule has 0 spiro atoms. The third kappa shape index (κ3) is 1.05. The van der Waals surface area contributed by atoms with E-state index >= 15 is 0 Å². The number of anilines is 1. The summed E-state index contributed by atoms with van der Waals surface area (Å²) in [6, 6.07) is 2.71. The molecule has 0 unspecified atom stereocenters. The molecule has 0 saturated carbocycles. The Morgan fingerprint density at radius 2 is 2.14 bits per heavy atom. The van der Waals surface area contributed by atoms with Crippen molar-refractivity contribution < 1.29 is 9.55 Å². The second-order valence-electron chi connectivity index (χ2n) is 2.50. The summed E-state index contributed by atoms with van der Waals surface area (Å²) in [6.45, 7) is 0. The number of aromatic nitrogens is 2. The molecule has 1 aromatic heterocycles. The monoisotopic (exact) mass is 195 g/mol. The highest BCUT2D eigenvalue weighted by molar-refractivity contribution is 5.93. The summed E-state index contributed by atoms with van der Waals surface area (Å²) in [5, 5.41) is 17.5. The first-order valence-corrected chi connectivity index (χ1v) is 3.60. The molecule has 0 fully saturated rings. The second kappa shape index (κ2) is 2.92. The van der Waals surface area contributed by atoms with Gasteiger partial charge in [0.2, 0.25) is 5.52 Å². The van der Waals surface area contributed by atoms with Crippen LogP contribution in [0.5, 0.6) is 0 Å². The highest BCUT2D eigenvalue weighted by Crippen LogP contribution is 2.27. The normalized spacial score (nSPS) is 10.4. The van der Waals surface area contributed by atoms with E-state index in [9.17, 15) is 10.1 Å². The van der Waals surface area contributed by atoms with E-state index in [0.29, 0.717) is 5.69 Å². The molecule has 0 radical (unpaired) electrons. The Hall–Kier alpha value is -2.22. The van der Waals surface area contributed by atoms with Gasteiger partial charge in [-0.15, -0.1) is 0 Å². The summed E-state index contributed by atoms with van der Waals surface area (Å²) in [4.78, 5) is 9.99. The molecule has 1 aromatic carbocycles. The van der Waals surface area contributed by atoms with Crippen LogP contribution in [0.4, 0.5) is 11.4 Å². The molecular formula is C6H5N5O3. The third-order valence-corrected chi connectivity index (χ3v) is 1.75. The number of nitro groups is 1. The van der Waals surface area contributed by atoms with Crippen LogP contribution in [0.1, 0.15) is 0 Å². The number of hydrazine groups is 1. The molecule has 2 rings (SSSR count). The molecular weight excluding hydrogens is 190 g/mol. The summed E-state index contributed by atoms with van der Waals surface area (Å²) in [5.74, 6) is 5.17. The fourth-order valence-electron chi connectivity index (χ4n) is 1.12. The maximum absolute atomic E-state index is 10.6. The smallest absolute Gasteiger partial charge is 0.300 e. The Morgan fingerprint density at radius 3 is 2.79 bits per heavy atom. The van der Waals surface area contributed by atoms with E-state index in [1.807, 2.05) is 0 Å². The Labute approximate surface area is 76.8 Å². The number of fused-ring (bicyclic) bond motifs is 1. The zero-order valence-electron chi connectivity index (χ0n) is 6.80. The first-order chi connectivity index (χ1) is 6.74. The highest BCUT2D eigenvalue weighted by Gasteiger charge is 2.18. The van der Waals surface area contributed by atoms with Crippen molar-refractivity contribution >= 4 is 22.4 Å². The molecule has 0 aliphatic rings. The lowest BCUT2D eigenvalue weighted by Crippen LogP contribution is -2.07. The van der Waals surface area contributed by atoms with Gasteiger partial charge >= 0.3 is 5.69 Å². The first kappa shape index (κ1) is 8.38. The van der Waals surface area contributed by atoms with Gasteiger partial charge in [-0.1, -0.05) is 0 Å². The fourth-order valence-corrected chi connectivity index (χ4v) is 1.12. The van der Waals surface area contributed by atoms with Gasteiger partial charge in [0, 0.05) is 6.07 Å². The van der Waals surface area contributed by atoms with Crippen molar-refractivity contribution in [3.05, 3.63) is 22.2 Å². The molecule has 0 atom stereocenters. The third-order valence-electron chi connectivity index (χ3n) is 1.75. The standard InChI is InChI=1S/C6H5N5O3/c7-8-3-1-2-4(11(12)13)6-5(3)9-14-10-6/h1-2,8H,7H2. The number of rotatable bonds is 2. The number of hydrogen-bond acceptors (Lipinski definition) is 7. The summed E-state index contributed by atoms with van der Waals surface area (Å²) < 4.78 is 4.40. The number of nitrogens with zero attached hydrogens (tertiary/aromatic N) is 3. The molecule has 0 amide bonds. The molecule has 72 valence electrons. The van der Waals surface area contributed by atoms with Crippen molar-refractivity contribution in [2.24, 2.45) is 5.84 Å². The minimum atomic E-state index is -0.563. The van der Waals surface area contributed by atoms with Gasteiger partial charge < -0.3 is 5.43 Å². The van der Waals surface area contributed by atoms with E-state index in [-0.39, 0.29) is 16.7 Å². The van der Waals surface area contributed by atoms with Gasteiger partial charge in [0.15, 0.2) is 5.52 Å². The van der Waals surface area contributed by atoms with Crippen LogP contribution >= 0.6 is 0 Å². The molecule has 0 aliphatic carbocycles. The van der Waals surface area contributed by atoms with Crippen LogP contribution < -0.4 is 11.3 Å². The number of nitrogens with two attached hydrogens (primary N) is 1. The quantitative estimate of drug-likeness (QED) is 0.404. The zero-order valence-corrected chi connectivity index (χ0v) is 6.80. The lowest BCUT2D eigenvalue weighted by Gasteiger charge is -1.98. The van der Waals surface area contributed by atoms with E-state index in [4.69, 9.17) is 5.84 Å². The average molecular weight is 195 g/mol. The van der Waals surface area contributed by atoms with Crippen molar-refractivity contribution in [3.63, 3.8) is 0 Å². The van der Waals surface area contributed by atoms with Crippen LogP contribution in [-0.4, -0.2) is 15.2 Å². The number of nitro benzene ring substituents is 1. The molecule has 2 aromatic rings. The predicted octanol–water partition coefficient (Wildman–Crippen LogP) is 0.417. The maximum atomic E-state index is 10.6. The van der Waals surface area contributed by atoms with Crippen LogP contribution in [0, 0.1) is 10.1 Å².